The maximum Gasteiger partial charge on any atom is 0.481 e. The first kappa shape index (κ1) is 27.3. The summed E-state index contributed by atoms with van der Waals surface area (Å²) in [6.07, 6.45) is -6.12. The third-order valence-corrected chi connectivity index (χ3v) is 9.38. The number of anilines is 1. The second-order valence-corrected chi connectivity index (χ2v) is 12.3. The standard InChI is InChI=1S/C16H23N5O13P2S/c17-13-8-14(19-3-18-13)21(4-20-8)15-11(24)9(22)6(32-15)1-30-35(25,26)34-36(27,28)31-2-7-10(23)12-16(33-7)37-5-29-12/h3-4,6-7,9-12,15-16,22-24H,1-2,5H2,(H,25,26)(H,27,28)(H2,17,18,19)/t6-,7-,9-,10-,11-,12-,15-,16-/m1/s1. The molecule has 0 saturated carbocycles. The minimum atomic E-state index is -5.23. The molecule has 0 spiro atoms. The minimum Gasteiger partial charge on any atom is -0.387 e. The van der Waals surface area contributed by atoms with Crippen molar-refractivity contribution >= 4 is 44.4 Å². The van der Waals surface area contributed by atoms with Crippen molar-refractivity contribution in [1.82, 2.24) is 19.5 Å². The van der Waals surface area contributed by atoms with Crippen molar-refractivity contribution in [2.45, 2.75) is 48.3 Å². The molecule has 2 aromatic heterocycles. The van der Waals surface area contributed by atoms with E-state index in [4.69, 9.17) is 24.5 Å². The first-order valence-corrected chi connectivity index (χ1v) is 14.7. The summed E-state index contributed by atoms with van der Waals surface area (Å²) >= 11 is 1.29. The maximum atomic E-state index is 12.3. The summed E-state index contributed by atoms with van der Waals surface area (Å²) in [7, 11) is -10.4. The van der Waals surface area contributed by atoms with Gasteiger partial charge >= 0.3 is 15.6 Å². The molecule has 0 aromatic carbocycles. The van der Waals surface area contributed by atoms with Crippen LogP contribution in [0, 0.1) is 0 Å². The molecule has 0 bridgehead atoms. The number of aliphatic hydroxyl groups is 3. The van der Waals surface area contributed by atoms with Crippen molar-refractivity contribution < 1.29 is 61.8 Å². The Morgan fingerprint density at radius 3 is 2.38 bits per heavy atom. The van der Waals surface area contributed by atoms with E-state index in [1.807, 2.05) is 0 Å². The van der Waals surface area contributed by atoms with Gasteiger partial charge in [0.05, 0.1) is 25.5 Å². The quantitative estimate of drug-likeness (QED) is 0.181. The van der Waals surface area contributed by atoms with Gasteiger partial charge in [-0.3, -0.25) is 13.6 Å². The summed E-state index contributed by atoms with van der Waals surface area (Å²) in [4.78, 5) is 31.6. The normalized spacial score (nSPS) is 37.0. The molecular weight excluding hydrogens is 564 g/mol. The van der Waals surface area contributed by atoms with Gasteiger partial charge in [-0.25, -0.2) is 24.1 Å². The number of thioether (sulfide) groups is 1. The van der Waals surface area contributed by atoms with Crippen molar-refractivity contribution in [3.8, 4) is 0 Å². The topological polar surface area (TPSA) is 260 Å². The van der Waals surface area contributed by atoms with Crippen LogP contribution in [-0.2, 0) is 36.7 Å². The highest BCUT2D eigenvalue weighted by Crippen LogP contribution is 2.60. The van der Waals surface area contributed by atoms with Gasteiger partial charge in [-0.05, 0) is 0 Å². The lowest BCUT2D eigenvalue weighted by Gasteiger charge is -2.21. The Labute approximate surface area is 211 Å². The first-order chi connectivity index (χ1) is 17.5. The Morgan fingerprint density at radius 2 is 1.70 bits per heavy atom. The predicted molar refractivity (Wildman–Crippen MR) is 120 cm³/mol. The Kier molecular flexibility index (Phi) is 7.64. The number of nitrogens with two attached hydrogens (primary N) is 1. The molecule has 3 aliphatic rings. The molecule has 2 unspecified atom stereocenters. The molecule has 3 aliphatic heterocycles. The van der Waals surface area contributed by atoms with E-state index >= 15 is 0 Å². The molecule has 3 fully saturated rings. The molecular formula is C16H23N5O13P2S. The van der Waals surface area contributed by atoms with Gasteiger partial charge in [-0.1, -0.05) is 11.8 Å². The summed E-state index contributed by atoms with van der Waals surface area (Å²) in [5, 5.41) is 30.9. The zero-order chi connectivity index (χ0) is 26.5. The molecule has 3 saturated heterocycles. The van der Waals surface area contributed by atoms with E-state index in [0.29, 0.717) is 5.94 Å². The molecule has 0 aliphatic carbocycles. The van der Waals surface area contributed by atoms with E-state index in [1.165, 1.54) is 29.0 Å². The van der Waals surface area contributed by atoms with Crippen LogP contribution in [0.3, 0.4) is 0 Å². The summed E-state index contributed by atoms with van der Waals surface area (Å²) in [6, 6.07) is 0. The number of hydrogen-bond acceptors (Lipinski definition) is 16. The molecule has 2 aromatic rings. The fourth-order valence-electron chi connectivity index (χ4n) is 4.00. The van der Waals surface area contributed by atoms with Gasteiger partial charge in [0.1, 0.15) is 53.9 Å². The molecule has 0 amide bonds. The zero-order valence-corrected chi connectivity index (χ0v) is 21.2. The number of hydrogen-bond donors (Lipinski definition) is 6. The molecule has 10 atom stereocenters. The lowest BCUT2D eigenvalue weighted by molar-refractivity contribution is -0.0506. The SMILES string of the molecule is Nc1ncnc2c1ncn2[C@@H]1O[C@H](COP(=O)(O)OP(=O)(O)OC[C@H]2O[C@@H]3SCO[C@@H]3[C@@H]2O)[C@@H](O)[C@H]1O. The second-order valence-electron chi connectivity index (χ2n) is 8.19. The Hall–Kier alpha value is -1.28. The zero-order valence-electron chi connectivity index (χ0n) is 18.6. The number of nitrogens with zero attached hydrogens (tertiary/aromatic N) is 4. The summed E-state index contributed by atoms with van der Waals surface area (Å²) in [5.41, 5.74) is 5.69. The van der Waals surface area contributed by atoms with E-state index in [-0.39, 0.29) is 17.0 Å². The molecule has 5 rings (SSSR count). The van der Waals surface area contributed by atoms with Crippen molar-refractivity contribution in [1.29, 1.82) is 0 Å². The Bertz CT molecular complexity index is 1240. The monoisotopic (exact) mass is 587 g/mol. The van der Waals surface area contributed by atoms with E-state index in [1.54, 1.807) is 0 Å². The highest BCUT2D eigenvalue weighted by Gasteiger charge is 2.49. The van der Waals surface area contributed by atoms with Crippen molar-refractivity contribution in [3.05, 3.63) is 12.7 Å². The summed E-state index contributed by atoms with van der Waals surface area (Å²) < 4.78 is 55.7. The van der Waals surface area contributed by atoms with Gasteiger partial charge in [0.25, 0.3) is 0 Å². The molecule has 37 heavy (non-hydrogen) atoms. The van der Waals surface area contributed by atoms with Crippen LogP contribution in [0.2, 0.25) is 0 Å². The average molecular weight is 587 g/mol. The van der Waals surface area contributed by atoms with E-state index in [2.05, 4.69) is 23.8 Å². The number of imidazole rings is 1. The van der Waals surface area contributed by atoms with Crippen molar-refractivity contribution in [2.24, 2.45) is 0 Å². The van der Waals surface area contributed by atoms with Crippen LogP contribution in [-0.4, -0.2) is 106 Å². The summed E-state index contributed by atoms with van der Waals surface area (Å²) in [6.45, 7) is -1.47. The second kappa shape index (κ2) is 10.4. The number of rotatable bonds is 9. The molecule has 5 heterocycles. The fraction of sp³-hybridized carbons (Fsp3) is 0.688. The van der Waals surface area contributed by atoms with Gasteiger partial charge in [-0.15, -0.1) is 0 Å². The molecule has 21 heteroatoms. The number of phosphoric ester groups is 2. The highest BCUT2D eigenvalue weighted by atomic mass is 32.2. The fourth-order valence-corrected chi connectivity index (χ4v) is 7.11. The smallest absolute Gasteiger partial charge is 0.387 e. The maximum absolute atomic E-state index is 12.3. The molecule has 7 N–H and O–H groups in total. The minimum absolute atomic E-state index is 0.0785. The Balaban J connectivity index is 1.16. The van der Waals surface area contributed by atoms with Gasteiger partial charge in [0.15, 0.2) is 17.7 Å². The van der Waals surface area contributed by atoms with Crippen LogP contribution in [0.4, 0.5) is 5.82 Å². The van der Waals surface area contributed by atoms with Gasteiger partial charge < -0.3 is 45.1 Å². The number of ether oxygens (including phenoxy) is 3. The number of aromatic nitrogens is 4. The number of aliphatic hydroxyl groups excluding tert-OH is 3. The third-order valence-electron chi connectivity index (χ3n) is 5.80. The first-order valence-electron chi connectivity index (χ1n) is 10.6. The molecule has 0 radical (unpaired) electrons. The van der Waals surface area contributed by atoms with Crippen LogP contribution in [0.5, 0.6) is 0 Å². The Morgan fingerprint density at radius 1 is 1.03 bits per heavy atom. The third kappa shape index (κ3) is 5.57. The lowest BCUT2D eigenvalue weighted by Crippen LogP contribution is -2.34. The lowest BCUT2D eigenvalue weighted by atomic mass is 10.1. The number of phosphoric acid groups is 2. The van der Waals surface area contributed by atoms with Crippen LogP contribution in [0.15, 0.2) is 12.7 Å². The largest absolute Gasteiger partial charge is 0.481 e. The van der Waals surface area contributed by atoms with Crippen LogP contribution in [0.1, 0.15) is 6.23 Å². The van der Waals surface area contributed by atoms with Gasteiger partial charge in [0, 0.05) is 0 Å². The van der Waals surface area contributed by atoms with Crippen LogP contribution in [0.25, 0.3) is 11.2 Å². The average Bonchev–Trinajstić information content (AvgIpc) is 3.58. The van der Waals surface area contributed by atoms with Crippen LogP contribution >= 0.6 is 27.4 Å². The highest BCUT2D eigenvalue weighted by molar-refractivity contribution is 7.99. The number of fused-ring (bicyclic) bond motifs is 2. The molecule has 206 valence electrons. The summed E-state index contributed by atoms with van der Waals surface area (Å²) in [5.74, 6) is 0.404. The van der Waals surface area contributed by atoms with Gasteiger partial charge in [0.2, 0.25) is 0 Å². The van der Waals surface area contributed by atoms with Gasteiger partial charge in [-0.2, -0.15) is 4.31 Å². The van der Waals surface area contributed by atoms with E-state index < -0.39 is 77.1 Å². The molecule has 18 nitrogen and oxygen atoms in total. The van der Waals surface area contributed by atoms with Crippen molar-refractivity contribution in [3.63, 3.8) is 0 Å². The number of nitrogen functional groups attached to an aromatic ring is 1. The predicted octanol–water partition coefficient (Wildman–Crippen LogP) is -1.55. The van der Waals surface area contributed by atoms with Crippen LogP contribution < -0.4 is 5.73 Å². The van der Waals surface area contributed by atoms with E-state index in [0.717, 1.165) is 0 Å². The van der Waals surface area contributed by atoms with Crippen molar-refractivity contribution in [2.75, 3.05) is 24.9 Å². The van der Waals surface area contributed by atoms with E-state index in [9.17, 15) is 34.2 Å².